The van der Waals surface area contributed by atoms with Crippen LogP contribution in [-0.4, -0.2) is 26.9 Å². The molecule has 0 atom stereocenters. The van der Waals surface area contributed by atoms with Crippen molar-refractivity contribution >= 4 is 23.2 Å². The van der Waals surface area contributed by atoms with Crippen LogP contribution in [0.4, 0.5) is 16.0 Å². The molecule has 2 aromatic rings. The predicted molar refractivity (Wildman–Crippen MR) is 67.5 cm³/mol. The molecule has 1 aromatic heterocycles. The van der Waals surface area contributed by atoms with Crippen molar-refractivity contribution in [3.63, 3.8) is 0 Å². The molecule has 0 radical (unpaired) electrons. The molecule has 0 bridgehead atoms. The highest BCUT2D eigenvalue weighted by Gasteiger charge is 2.15. The molecular formula is C10H7ClFN5O3. The van der Waals surface area contributed by atoms with E-state index in [0.717, 1.165) is 12.1 Å². The number of ether oxygens (including phenoxy) is 1. The number of aromatic nitrogens is 3. The van der Waals surface area contributed by atoms with Gasteiger partial charge >= 0.3 is 11.7 Å². The maximum atomic E-state index is 13.4. The lowest BCUT2D eigenvalue weighted by Gasteiger charge is -2.05. The third kappa shape index (κ3) is 3.06. The number of anilines is 1. The number of rotatable bonds is 4. The van der Waals surface area contributed by atoms with Gasteiger partial charge in [-0.2, -0.15) is 19.3 Å². The van der Waals surface area contributed by atoms with Crippen LogP contribution in [0.25, 0.3) is 0 Å². The molecule has 8 nitrogen and oxygen atoms in total. The fraction of sp³-hybridized carbons (Fsp3) is 0.100. The number of nitro benzene ring substituents is 1. The summed E-state index contributed by atoms with van der Waals surface area (Å²) in [5, 5.41) is 13.0. The Hall–Kier alpha value is -2.55. The summed E-state index contributed by atoms with van der Waals surface area (Å²) in [5.74, 6) is -0.860. The molecule has 2 rings (SSSR count). The maximum Gasteiger partial charge on any atom is 0.328 e. The van der Waals surface area contributed by atoms with Gasteiger partial charge in [-0.15, -0.1) is 0 Å². The second kappa shape index (κ2) is 5.61. The van der Waals surface area contributed by atoms with E-state index >= 15 is 0 Å². The Bertz CT molecular complexity index is 669. The van der Waals surface area contributed by atoms with Crippen LogP contribution in [0.1, 0.15) is 0 Å². The fourth-order valence-electron chi connectivity index (χ4n) is 1.29. The number of hydrogen-bond donors (Lipinski definition) is 1. The van der Waals surface area contributed by atoms with Gasteiger partial charge in [-0.3, -0.25) is 10.1 Å². The van der Waals surface area contributed by atoms with Crippen LogP contribution < -0.4 is 10.1 Å². The van der Waals surface area contributed by atoms with E-state index in [2.05, 4.69) is 20.3 Å². The minimum absolute atomic E-state index is 0.00239. The molecule has 0 aliphatic rings. The Morgan fingerprint density at radius 3 is 2.75 bits per heavy atom. The van der Waals surface area contributed by atoms with Gasteiger partial charge in [-0.1, -0.05) is 0 Å². The van der Waals surface area contributed by atoms with E-state index in [9.17, 15) is 14.5 Å². The normalized spacial score (nSPS) is 10.2. The lowest BCUT2D eigenvalue weighted by Crippen LogP contribution is -2.01. The first-order valence-corrected chi connectivity index (χ1v) is 5.58. The molecule has 0 unspecified atom stereocenters. The smallest absolute Gasteiger partial charge is 0.328 e. The van der Waals surface area contributed by atoms with E-state index in [1.54, 1.807) is 7.05 Å². The van der Waals surface area contributed by atoms with Crippen molar-refractivity contribution in [2.24, 2.45) is 0 Å². The third-order valence-electron chi connectivity index (χ3n) is 2.14. The molecule has 0 saturated heterocycles. The van der Waals surface area contributed by atoms with Gasteiger partial charge in [0.15, 0.2) is 0 Å². The quantitative estimate of drug-likeness (QED) is 0.683. The van der Waals surface area contributed by atoms with Crippen LogP contribution in [-0.2, 0) is 0 Å². The molecule has 1 N–H and O–H groups in total. The van der Waals surface area contributed by atoms with Gasteiger partial charge in [0.1, 0.15) is 5.75 Å². The minimum atomic E-state index is -1.03. The zero-order valence-corrected chi connectivity index (χ0v) is 10.8. The SMILES string of the molecule is CNc1nc(Cl)nc(Oc2ccc([N+](=O)[O-])c(F)c2)n1. The van der Waals surface area contributed by atoms with Crippen LogP contribution in [0.5, 0.6) is 11.8 Å². The average molecular weight is 300 g/mol. The van der Waals surface area contributed by atoms with E-state index in [1.165, 1.54) is 6.07 Å². The Morgan fingerprint density at radius 1 is 1.40 bits per heavy atom. The van der Waals surface area contributed by atoms with Gasteiger partial charge in [0.2, 0.25) is 17.0 Å². The number of nitro groups is 1. The molecule has 10 heteroatoms. The largest absolute Gasteiger partial charge is 0.424 e. The molecule has 0 spiro atoms. The van der Waals surface area contributed by atoms with Crippen LogP contribution >= 0.6 is 11.6 Å². The summed E-state index contributed by atoms with van der Waals surface area (Å²) in [7, 11) is 1.57. The van der Waals surface area contributed by atoms with Crippen molar-refractivity contribution < 1.29 is 14.1 Å². The van der Waals surface area contributed by atoms with E-state index in [1.807, 2.05) is 0 Å². The van der Waals surface area contributed by atoms with Crippen molar-refractivity contribution in [1.82, 2.24) is 15.0 Å². The van der Waals surface area contributed by atoms with Crippen molar-refractivity contribution in [2.45, 2.75) is 0 Å². The van der Waals surface area contributed by atoms with Gasteiger partial charge in [-0.25, -0.2) is 0 Å². The van der Waals surface area contributed by atoms with E-state index < -0.39 is 16.4 Å². The molecule has 0 aliphatic carbocycles. The fourth-order valence-corrected chi connectivity index (χ4v) is 1.45. The Kier molecular flexibility index (Phi) is 3.89. The third-order valence-corrected chi connectivity index (χ3v) is 2.31. The van der Waals surface area contributed by atoms with E-state index in [4.69, 9.17) is 16.3 Å². The molecule has 1 aromatic carbocycles. The van der Waals surface area contributed by atoms with Gasteiger partial charge < -0.3 is 10.1 Å². The summed E-state index contributed by atoms with van der Waals surface area (Å²) in [6.07, 6.45) is 0. The first kappa shape index (κ1) is 13.9. The lowest BCUT2D eigenvalue weighted by atomic mass is 10.3. The Morgan fingerprint density at radius 2 is 2.15 bits per heavy atom. The molecular weight excluding hydrogens is 293 g/mol. The van der Waals surface area contributed by atoms with Crippen LogP contribution in [0.3, 0.4) is 0 Å². The number of hydrogen-bond acceptors (Lipinski definition) is 7. The predicted octanol–water partition coefficient (Wildman–Crippen LogP) is 2.41. The van der Waals surface area contributed by atoms with Crippen molar-refractivity contribution in [1.29, 1.82) is 0 Å². The molecule has 0 aliphatic heterocycles. The molecule has 20 heavy (non-hydrogen) atoms. The summed E-state index contributed by atoms with van der Waals surface area (Å²) in [6.45, 7) is 0. The maximum absolute atomic E-state index is 13.4. The summed E-state index contributed by atoms with van der Waals surface area (Å²) in [5.41, 5.74) is -0.651. The highest BCUT2D eigenvalue weighted by molar-refractivity contribution is 6.28. The number of halogens is 2. The summed E-state index contributed by atoms with van der Waals surface area (Å²) in [4.78, 5) is 20.9. The van der Waals surface area contributed by atoms with Crippen molar-refractivity contribution in [3.8, 4) is 11.8 Å². The molecule has 0 fully saturated rings. The topological polar surface area (TPSA) is 103 Å². The second-order valence-corrected chi connectivity index (χ2v) is 3.77. The average Bonchev–Trinajstić information content (AvgIpc) is 2.37. The Labute approximate surface area is 116 Å². The molecule has 0 amide bonds. The number of nitrogens with zero attached hydrogens (tertiary/aromatic N) is 4. The molecule has 1 heterocycles. The summed E-state index contributed by atoms with van der Waals surface area (Å²) in [6, 6.07) is 2.89. The van der Waals surface area contributed by atoms with Gasteiger partial charge in [-0.05, 0) is 17.7 Å². The van der Waals surface area contributed by atoms with Gasteiger partial charge in [0.25, 0.3) is 0 Å². The summed E-state index contributed by atoms with van der Waals surface area (Å²) < 4.78 is 18.6. The highest BCUT2D eigenvalue weighted by Crippen LogP contribution is 2.25. The zero-order chi connectivity index (χ0) is 14.7. The zero-order valence-electron chi connectivity index (χ0n) is 10.0. The first-order valence-electron chi connectivity index (χ1n) is 5.20. The molecule has 104 valence electrons. The highest BCUT2D eigenvalue weighted by atomic mass is 35.5. The van der Waals surface area contributed by atoms with Gasteiger partial charge in [0, 0.05) is 19.2 Å². The van der Waals surface area contributed by atoms with Gasteiger partial charge in [0.05, 0.1) is 4.92 Å². The monoisotopic (exact) mass is 299 g/mol. The van der Waals surface area contributed by atoms with Crippen molar-refractivity contribution in [2.75, 3.05) is 12.4 Å². The van der Waals surface area contributed by atoms with E-state index in [-0.39, 0.29) is 23.0 Å². The van der Waals surface area contributed by atoms with Crippen LogP contribution in [0.2, 0.25) is 5.28 Å². The van der Waals surface area contributed by atoms with Crippen molar-refractivity contribution in [3.05, 3.63) is 39.4 Å². The summed E-state index contributed by atoms with van der Waals surface area (Å²) >= 11 is 5.65. The Balaban J connectivity index is 2.28. The second-order valence-electron chi connectivity index (χ2n) is 3.43. The van der Waals surface area contributed by atoms with E-state index in [0.29, 0.717) is 0 Å². The lowest BCUT2D eigenvalue weighted by molar-refractivity contribution is -0.387. The first-order chi connectivity index (χ1) is 9.49. The van der Waals surface area contributed by atoms with Crippen LogP contribution in [0.15, 0.2) is 18.2 Å². The number of nitrogens with one attached hydrogen (secondary N) is 1. The minimum Gasteiger partial charge on any atom is -0.424 e. The standard InChI is InChI=1S/C10H7ClFN5O3/c1-13-9-14-8(11)15-10(16-9)20-5-2-3-7(17(18)19)6(12)4-5/h2-4H,1H3,(H,13,14,15,16). The molecule has 0 saturated carbocycles. The van der Waals surface area contributed by atoms with Crippen LogP contribution in [0, 0.1) is 15.9 Å². The number of benzene rings is 1.